The molecule has 39 heavy (non-hydrogen) atoms. The van der Waals surface area contributed by atoms with Crippen LogP contribution in [-0.2, 0) is 6.42 Å². The highest BCUT2D eigenvalue weighted by Gasteiger charge is 2.31. The first kappa shape index (κ1) is 30.8. The molecule has 0 atom stereocenters. The van der Waals surface area contributed by atoms with E-state index in [1.807, 2.05) is 0 Å². The second kappa shape index (κ2) is 16.4. The van der Waals surface area contributed by atoms with Gasteiger partial charge < -0.3 is 4.74 Å². The molecule has 0 aromatic heterocycles. The third-order valence-corrected chi connectivity index (χ3v) is 11.0. The second-order valence-corrected chi connectivity index (χ2v) is 13.8. The predicted molar refractivity (Wildman–Crippen MR) is 160 cm³/mol. The molecular formula is C36H58F2O. The van der Waals surface area contributed by atoms with Gasteiger partial charge in [0.1, 0.15) is 0 Å². The first-order valence-corrected chi connectivity index (χ1v) is 17.2. The first-order chi connectivity index (χ1) is 19.1. The minimum absolute atomic E-state index is 0.102. The van der Waals surface area contributed by atoms with Gasteiger partial charge in [0.05, 0.1) is 6.61 Å². The molecule has 1 nitrogen and oxygen atoms in total. The van der Waals surface area contributed by atoms with E-state index in [1.54, 1.807) is 12.1 Å². The molecule has 0 amide bonds. The summed E-state index contributed by atoms with van der Waals surface area (Å²) < 4.78 is 35.6. The van der Waals surface area contributed by atoms with Gasteiger partial charge in [-0.2, -0.15) is 4.39 Å². The minimum atomic E-state index is -0.780. The SMILES string of the molecule is CCCCCC1CCC(C2CCC(CCc3ccc(OCC4CCC(CCCC)CC4)c(F)c3F)CC2)CC1. The molecule has 0 N–H and O–H groups in total. The van der Waals surface area contributed by atoms with Crippen molar-refractivity contribution in [1.82, 2.24) is 0 Å². The number of unbranched alkanes of at least 4 members (excludes halogenated alkanes) is 3. The zero-order valence-electron chi connectivity index (χ0n) is 25.3. The van der Waals surface area contributed by atoms with Crippen molar-refractivity contribution in [2.24, 2.45) is 35.5 Å². The van der Waals surface area contributed by atoms with Gasteiger partial charge in [-0.1, -0.05) is 103 Å². The smallest absolute Gasteiger partial charge is 0.200 e. The van der Waals surface area contributed by atoms with Crippen molar-refractivity contribution in [2.45, 2.75) is 149 Å². The fourth-order valence-electron chi connectivity index (χ4n) is 8.20. The van der Waals surface area contributed by atoms with Gasteiger partial charge >= 0.3 is 0 Å². The standard InChI is InChI=1S/C36H58F2O/c1-3-5-7-9-28-14-19-31(20-15-28)32-21-16-29(17-22-32)18-23-33-24-25-34(36(38)35(33)37)39-26-30-12-10-27(11-13-30)8-6-4-2/h24-25,27-32H,3-23,26H2,1-2H3. The Hall–Kier alpha value is -1.12. The van der Waals surface area contributed by atoms with E-state index in [0.29, 0.717) is 30.4 Å². The van der Waals surface area contributed by atoms with Crippen molar-refractivity contribution in [3.05, 3.63) is 29.3 Å². The molecule has 0 aliphatic heterocycles. The number of aryl methyl sites for hydroxylation is 1. The molecule has 3 aliphatic rings. The molecular weight excluding hydrogens is 486 g/mol. The lowest BCUT2D eigenvalue weighted by Gasteiger charge is -2.38. The van der Waals surface area contributed by atoms with E-state index >= 15 is 0 Å². The molecule has 3 heteroatoms. The Bertz CT molecular complexity index is 814. The van der Waals surface area contributed by atoms with E-state index in [0.717, 1.165) is 42.9 Å². The fourth-order valence-corrected chi connectivity index (χ4v) is 8.20. The van der Waals surface area contributed by atoms with E-state index in [2.05, 4.69) is 13.8 Å². The third kappa shape index (κ3) is 9.46. The van der Waals surface area contributed by atoms with Crippen LogP contribution in [0.2, 0.25) is 0 Å². The van der Waals surface area contributed by atoms with Crippen LogP contribution >= 0.6 is 0 Å². The number of benzene rings is 1. The molecule has 0 heterocycles. The van der Waals surface area contributed by atoms with Crippen molar-refractivity contribution < 1.29 is 13.5 Å². The highest BCUT2D eigenvalue weighted by molar-refractivity contribution is 5.31. The summed E-state index contributed by atoms with van der Waals surface area (Å²) in [6.45, 7) is 5.07. The molecule has 0 spiro atoms. The van der Waals surface area contributed by atoms with Crippen LogP contribution in [0.3, 0.4) is 0 Å². The summed E-state index contributed by atoms with van der Waals surface area (Å²) in [4.78, 5) is 0. The zero-order chi connectivity index (χ0) is 27.5. The average Bonchev–Trinajstić information content (AvgIpc) is 2.98. The van der Waals surface area contributed by atoms with Crippen molar-refractivity contribution in [3.8, 4) is 5.75 Å². The van der Waals surface area contributed by atoms with Gasteiger partial charge in [0.25, 0.3) is 0 Å². The third-order valence-electron chi connectivity index (χ3n) is 11.0. The monoisotopic (exact) mass is 544 g/mol. The number of hydrogen-bond donors (Lipinski definition) is 0. The molecule has 222 valence electrons. The van der Waals surface area contributed by atoms with Crippen LogP contribution in [0.4, 0.5) is 8.78 Å². The van der Waals surface area contributed by atoms with E-state index in [1.165, 1.54) is 109 Å². The van der Waals surface area contributed by atoms with Crippen molar-refractivity contribution in [2.75, 3.05) is 6.61 Å². The van der Waals surface area contributed by atoms with Crippen LogP contribution in [0, 0.1) is 47.1 Å². The summed E-state index contributed by atoms with van der Waals surface area (Å²) in [5, 5.41) is 0. The maximum atomic E-state index is 14.9. The van der Waals surface area contributed by atoms with Gasteiger partial charge in [-0.15, -0.1) is 0 Å². The van der Waals surface area contributed by atoms with Crippen LogP contribution in [-0.4, -0.2) is 6.61 Å². The topological polar surface area (TPSA) is 9.23 Å². The van der Waals surface area contributed by atoms with Gasteiger partial charge in [-0.3, -0.25) is 0 Å². The summed E-state index contributed by atoms with van der Waals surface area (Å²) in [6.07, 6.45) is 27.0. The summed E-state index contributed by atoms with van der Waals surface area (Å²) in [7, 11) is 0. The Morgan fingerprint density at radius 1 is 0.590 bits per heavy atom. The lowest BCUT2D eigenvalue weighted by atomic mass is 9.68. The molecule has 3 aliphatic carbocycles. The molecule has 0 bridgehead atoms. The van der Waals surface area contributed by atoms with Crippen LogP contribution in [0.5, 0.6) is 5.75 Å². The first-order valence-electron chi connectivity index (χ1n) is 17.2. The Labute approximate surface area is 239 Å². The maximum Gasteiger partial charge on any atom is 0.200 e. The van der Waals surface area contributed by atoms with Crippen molar-refractivity contribution >= 4 is 0 Å². The molecule has 1 aromatic carbocycles. The van der Waals surface area contributed by atoms with Crippen LogP contribution in [0.1, 0.15) is 148 Å². The van der Waals surface area contributed by atoms with Gasteiger partial charge in [-0.25, -0.2) is 4.39 Å². The second-order valence-electron chi connectivity index (χ2n) is 13.8. The van der Waals surface area contributed by atoms with Crippen LogP contribution < -0.4 is 4.74 Å². The lowest BCUT2D eigenvalue weighted by Crippen LogP contribution is -2.26. The molecule has 3 saturated carbocycles. The van der Waals surface area contributed by atoms with Crippen LogP contribution in [0.25, 0.3) is 0 Å². The number of ether oxygens (including phenoxy) is 1. The summed E-state index contributed by atoms with van der Waals surface area (Å²) in [5.41, 5.74) is 0.528. The lowest BCUT2D eigenvalue weighted by molar-refractivity contribution is 0.140. The van der Waals surface area contributed by atoms with E-state index in [-0.39, 0.29) is 5.75 Å². The van der Waals surface area contributed by atoms with Crippen LogP contribution in [0.15, 0.2) is 12.1 Å². The average molecular weight is 545 g/mol. The number of halogens is 2. The summed E-state index contributed by atoms with van der Waals surface area (Å²) in [6, 6.07) is 3.45. The van der Waals surface area contributed by atoms with Gasteiger partial charge in [0, 0.05) is 0 Å². The highest BCUT2D eigenvalue weighted by atomic mass is 19.2. The Morgan fingerprint density at radius 2 is 1.10 bits per heavy atom. The van der Waals surface area contributed by atoms with E-state index in [9.17, 15) is 8.78 Å². The maximum absolute atomic E-state index is 14.9. The number of hydrogen-bond acceptors (Lipinski definition) is 1. The number of rotatable bonds is 14. The minimum Gasteiger partial charge on any atom is -0.490 e. The Balaban J connectivity index is 1.14. The molecule has 4 rings (SSSR count). The van der Waals surface area contributed by atoms with E-state index < -0.39 is 11.6 Å². The van der Waals surface area contributed by atoms with E-state index in [4.69, 9.17) is 4.74 Å². The Kier molecular flexibility index (Phi) is 12.9. The van der Waals surface area contributed by atoms with Gasteiger partial charge in [0.2, 0.25) is 5.82 Å². The summed E-state index contributed by atoms with van der Waals surface area (Å²) in [5.74, 6) is 3.48. The van der Waals surface area contributed by atoms with Crippen molar-refractivity contribution in [3.63, 3.8) is 0 Å². The molecule has 0 saturated heterocycles. The normalized spacial score (nSPS) is 29.8. The molecule has 0 unspecified atom stereocenters. The largest absolute Gasteiger partial charge is 0.490 e. The van der Waals surface area contributed by atoms with Gasteiger partial charge in [-0.05, 0) is 98.5 Å². The quantitative estimate of drug-likeness (QED) is 0.212. The Morgan fingerprint density at radius 3 is 1.69 bits per heavy atom. The van der Waals surface area contributed by atoms with Crippen molar-refractivity contribution in [1.29, 1.82) is 0 Å². The van der Waals surface area contributed by atoms with Gasteiger partial charge in [0.15, 0.2) is 11.6 Å². The zero-order valence-corrected chi connectivity index (χ0v) is 25.3. The molecule has 3 fully saturated rings. The summed E-state index contributed by atoms with van der Waals surface area (Å²) >= 11 is 0. The molecule has 0 radical (unpaired) electrons. The molecule has 1 aromatic rings. The predicted octanol–water partition coefficient (Wildman–Crippen LogP) is 11.5. The highest BCUT2D eigenvalue weighted by Crippen LogP contribution is 2.43. The fraction of sp³-hybridized carbons (Fsp3) is 0.833.